The van der Waals surface area contributed by atoms with E-state index in [4.69, 9.17) is 4.74 Å². The zero-order valence-electron chi connectivity index (χ0n) is 11.4. The highest BCUT2D eigenvalue weighted by atomic mass is 79.9. The molecule has 0 aliphatic heterocycles. The van der Waals surface area contributed by atoms with Gasteiger partial charge >= 0.3 is 5.70 Å². The first-order chi connectivity index (χ1) is 10.4. The Hall–Kier alpha value is -2.45. The van der Waals surface area contributed by atoms with Crippen LogP contribution in [0, 0.1) is 15.3 Å². The van der Waals surface area contributed by atoms with E-state index in [0.717, 1.165) is 16.7 Å². The Morgan fingerprint density at radius 1 is 1.27 bits per heavy atom. The summed E-state index contributed by atoms with van der Waals surface area (Å²) in [5.41, 5.74) is -0.105. The summed E-state index contributed by atoms with van der Waals surface area (Å²) in [6.45, 7) is 0. The van der Waals surface area contributed by atoms with E-state index in [1.807, 2.05) is 0 Å². The van der Waals surface area contributed by atoms with E-state index < -0.39 is 16.4 Å². The molecule has 0 atom stereocenters. The highest BCUT2D eigenvalue weighted by Crippen LogP contribution is 2.23. The van der Waals surface area contributed by atoms with Gasteiger partial charge < -0.3 is 15.0 Å². The summed E-state index contributed by atoms with van der Waals surface area (Å²) in [7, 11) is 1.23. The van der Waals surface area contributed by atoms with Gasteiger partial charge in [0.15, 0.2) is 5.76 Å². The van der Waals surface area contributed by atoms with Crippen molar-refractivity contribution < 1.29 is 14.5 Å². The van der Waals surface area contributed by atoms with Crippen LogP contribution < -0.4 is 5.06 Å². The minimum atomic E-state index is -0.828. The predicted molar refractivity (Wildman–Crippen MR) is 83.2 cm³/mol. The van der Waals surface area contributed by atoms with Crippen molar-refractivity contribution in [2.24, 2.45) is 0 Å². The lowest BCUT2D eigenvalue weighted by Crippen LogP contribution is -2.19. The van der Waals surface area contributed by atoms with E-state index in [0.29, 0.717) is 10.8 Å². The Balaban J connectivity index is 2.36. The minimum absolute atomic E-state index is 0.190. The van der Waals surface area contributed by atoms with E-state index in [9.17, 15) is 20.1 Å². The van der Waals surface area contributed by atoms with Crippen LogP contribution >= 0.6 is 15.9 Å². The summed E-state index contributed by atoms with van der Waals surface area (Å²) in [5.74, 6) is -1.02. The summed E-state index contributed by atoms with van der Waals surface area (Å²) in [6, 6.07) is 6.55. The average molecular weight is 366 g/mol. The van der Waals surface area contributed by atoms with Gasteiger partial charge in [-0.05, 0) is 30.3 Å². The molecular formula is C14H10BrN2O5-. The van der Waals surface area contributed by atoms with E-state index in [2.05, 4.69) is 15.9 Å². The first kappa shape index (κ1) is 15.9. The topological polar surface area (TPSA) is 95.7 Å². The molecule has 0 radical (unpaired) electrons. The number of Topliss-reactive ketones (excluding diaryl/α,β-unsaturated/α-hetero) is 1. The number of rotatable bonds is 4. The molecule has 0 saturated carbocycles. The Kier molecular flexibility index (Phi) is 4.74. The third-order valence-corrected chi connectivity index (χ3v) is 3.35. The number of methoxy groups -OCH3 is 1. The second-order valence-electron chi connectivity index (χ2n) is 4.26. The van der Waals surface area contributed by atoms with E-state index >= 15 is 0 Å². The molecule has 114 valence electrons. The molecule has 8 heteroatoms. The maximum Gasteiger partial charge on any atom is 0.320 e. The van der Waals surface area contributed by atoms with Gasteiger partial charge in [-0.1, -0.05) is 15.9 Å². The Labute approximate surface area is 134 Å². The molecule has 0 unspecified atom stereocenters. The molecule has 0 heterocycles. The van der Waals surface area contributed by atoms with Crippen molar-refractivity contribution in [2.45, 2.75) is 0 Å². The Bertz CT molecular complexity index is 706. The molecule has 0 amide bonds. The highest BCUT2D eigenvalue weighted by Gasteiger charge is 2.30. The fourth-order valence-corrected chi connectivity index (χ4v) is 2.03. The van der Waals surface area contributed by atoms with Gasteiger partial charge in [-0.15, -0.1) is 0 Å². The van der Waals surface area contributed by atoms with Crippen LogP contribution in [-0.4, -0.2) is 17.8 Å². The third-order valence-electron chi connectivity index (χ3n) is 2.82. The third kappa shape index (κ3) is 3.41. The molecule has 0 fully saturated rings. The number of hydrogen-bond acceptors (Lipinski definition) is 6. The molecule has 1 aliphatic rings. The number of carbonyl (C=O) groups excluding carboxylic acids is 1. The van der Waals surface area contributed by atoms with Crippen LogP contribution in [0.1, 0.15) is 0 Å². The average Bonchev–Trinajstić information content (AvgIpc) is 2.49. The first-order valence-corrected chi connectivity index (χ1v) is 6.82. The molecule has 22 heavy (non-hydrogen) atoms. The van der Waals surface area contributed by atoms with Gasteiger partial charge in [0, 0.05) is 28.0 Å². The quantitative estimate of drug-likeness (QED) is 0.601. The van der Waals surface area contributed by atoms with Crippen LogP contribution in [0.25, 0.3) is 0 Å². The summed E-state index contributed by atoms with van der Waals surface area (Å²) >= 11 is 3.26. The number of hydroxylamine groups is 1. The fraction of sp³-hybridized carbons (Fsp3) is 0.0714. The van der Waals surface area contributed by atoms with E-state index in [-0.39, 0.29) is 11.3 Å². The largest absolute Gasteiger partial charge is 0.754 e. The van der Waals surface area contributed by atoms with Crippen LogP contribution in [0.3, 0.4) is 0 Å². The molecular weight excluding hydrogens is 356 g/mol. The second-order valence-corrected chi connectivity index (χ2v) is 5.18. The first-order valence-electron chi connectivity index (χ1n) is 6.02. The van der Waals surface area contributed by atoms with Gasteiger partial charge in [-0.2, -0.15) is 0 Å². The van der Waals surface area contributed by atoms with Crippen LogP contribution in [0.5, 0.6) is 0 Å². The predicted octanol–water partition coefficient (Wildman–Crippen LogP) is 2.91. The summed E-state index contributed by atoms with van der Waals surface area (Å²) < 4.78 is 5.63. The summed E-state index contributed by atoms with van der Waals surface area (Å²) in [4.78, 5) is 21.8. The molecule has 0 spiro atoms. The number of ether oxygens (including phenoxy) is 1. The number of ketones is 1. The number of benzene rings is 1. The number of anilines is 1. The van der Waals surface area contributed by atoms with Gasteiger partial charge in [0.25, 0.3) is 5.78 Å². The van der Waals surface area contributed by atoms with Crippen molar-refractivity contribution in [3.8, 4) is 0 Å². The number of nitrogens with zero attached hydrogens (tertiary/aromatic N) is 2. The van der Waals surface area contributed by atoms with Gasteiger partial charge in [0.05, 0.1) is 12.0 Å². The fourth-order valence-electron chi connectivity index (χ4n) is 1.77. The second kappa shape index (κ2) is 6.54. The number of halogens is 1. The molecule has 0 bridgehead atoms. The SMILES string of the molecule is COC1=CC(=CN([O-])c2ccc(Br)cc2)C=C([N+](=O)[O-])C1=O. The molecule has 0 N–H and O–H groups in total. The lowest BCUT2D eigenvalue weighted by atomic mass is 10.1. The number of carbonyl (C=O) groups is 1. The molecule has 0 saturated heterocycles. The van der Waals surface area contributed by atoms with Gasteiger partial charge in [-0.3, -0.25) is 14.9 Å². The van der Waals surface area contributed by atoms with Crippen molar-refractivity contribution in [1.82, 2.24) is 0 Å². The van der Waals surface area contributed by atoms with Gasteiger partial charge in [0.2, 0.25) is 0 Å². The van der Waals surface area contributed by atoms with Crippen LogP contribution in [0.15, 0.2) is 64.1 Å². The molecule has 1 aromatic carbocycles. The number of nitro groups is 1. The van der Waals surface area contributed by atoms with Crippen molar-refractivity contribution in [2.75, 3.05) is 12.2 Å². The number of hydrogen-bond donors (Lipinski definition) is 0. The highest BCUT2D eigenvalue weighted by molar-refractivity contribution is 9.10. The van der Waals surface area contributed by atoms with Crippen molar-refractivity contribution in [3.05, 3.63) is 79.4 Å². The van der Waals surface area contributed by atoms with Crippen molar-refractivity contribution in [3.63, 3.8) is 0 Å². The van der Waals surface area contributed by atoms with E-state index in [1.54, 1.807) is 24.3 Å². The maximum atomic E-state index is 12.0. The standard InChI is InChI=1S/C14H10BrN2O5/c1-22-13-7-9(6-12(14(13)18)17(20)21)8-16(19)11-4-2-10(15)3-5-11/h2-8H,1H3/q-1. The Morgan fingerprint density at radius 3 is 2.45 bits per heavy atom. The molecule has 1 aromatic rings. The van der Waals surface area contributed by atoms with Crippen LogP contribution in [0.2, 0.25) is 0 Å². The van der Waals surface area contributed by atoms with Crippen LogP contribution in [-0.2, 0) is 9.53 Å². The lowest BCUT2D eigenvalue weighted by Gasteiger charge is -2.27. The van der Waals surface area contributed by atoms with Gasteiger partial charge in [-0.25, -0.2) is 0 Å². The minimum Gasteiger partial charge on any atom is -0.754 e. The number of allylic oxidation sites excluding steroid dienone is 3. The summed E-state index contributed by atoms with van der Waals surface area (Å²) in [5, 5.41) is 23.5. The van der Waals surface area contributed by atoms with Crippen molar-refractivity contribution >= 4 is 27.4 Å². The maximum absolute atomic E-state index is 12.0. The molecule has 2 rings (SSSR count). The normalized spacial score (nSPS) is 16.1. The molecule has 1 aliphatic carbocycles. The molecule has 0 aromatic heterocycles. The van der Waals surface area contributed by atoms with Gasteiger partial charge in [0.1, 0.15) is 0 Å². The smallest absolute Gasteiger partial charge is 0.320 e. The Morgan fingerprint density at radius 2 is 1.91 bits per heavy atom. The molecule has 7 nitrogen and oxygen atoms in total. The van der Waals surface area contributed by atoms with Crippen molar-refractivity contribution in [1.29, 1.82) is 0 Å². The summed E-state index contributed by atoms with van der Waals surface area (Å²) in [6.07, 6.45) is 3.45. The van der Waals surface area contributed by atoms with Crippen LogP contribution in [0.4, 0.5) is 5.69 Å². The van der Waals surface area contributed by atoms with E-state index in [1.165, 1.54) is 13.2 Å². The zero-order valence-corrected chi connectivity index (χ0v) is 12.9. The monoisotopic (exact) mass is 365 g/mol. The lowest BCUT2D eigenvalue weighted by molar-refractivity contribution is -0.418. The zero-order chi connectivity index (χ0) is 16.3.